The highest BCUT2D eigenvalue weighted by Gasteiger charge is 2.28. The van der Waals surface area contributed by atoms with E-state index in [4.69, 9.17) is 4.98 Å². The predicted molar refractivity (Wildman–Crippen MR) is 124 cm³/mol. The minimum absolute atomic E-state index is 0.0219. The van der Waals surface area contributed by atoms with Gasteiger partial charge in [0, 0.05) is 25.2 Å². The summed E-state index contributed by atoms with van der Waals surface area (Å²) in [4.78, 5) is 36.4. The lowest BCUT2D eigenvalue weighted by molar-refractivity contribution is -0.135. The lowest BCUT2D eigenvalue weighted by Crippen LogP contribution is -2.42. The van der Waals surface area contributed by atoms with Crippen molar-refractivity contribution in [2.45, 2.75) is 32.1 Å². The monoisotopic (exact) mass is 437 g/mol. The molecule has 1 aliphatic rings. The topological polar surface area (TPSA) is 80.1 Å². The van der Waals surface area contributed by atoms with Crippen molar-refractivity contribution < 1.29 is 9.59 Å². The number of carbonyl (C=O) groups excluding carboxylic acids is 2. The zero-order valence-corrected chi connectivity index (χ0v) is 18.7. The number of imidazole rings is 1. The average molecular weight is 438 g/mol. The van der Waals surface area contributed by atoms with Gasteiger partial charge >= 0.3 is 0 Å². The largest absolute Gasteiger partial charge is 0.341 e. The Labute approximate surface area is 186 Å². The first kappa shape index (κ1) is 21.4. The number of amides is 2. The SMILES string of the molecule is CSCc1nc2ccccc2n1CC(=O)N1CCC(C(=O)Nc2ccc(C)cn2)CC1. The van der Waals surface area contributed by atoms with Crippen molar-refractivity contribution in [1.82, 2.24) is 19.4 Å². The smallest absolute Gasteiger partial charge is 0.242 e. The summed E-state index contributed by atoms with van der Waals surface area (Å²) >= 11 is 1.69. The second kappa shape index (κ2) is 9.51. The van der Waals surface area contributed by atoms with Crippen molar-refractivity contribution in [1.29, 1.82) is 0 Å². The maximum absolute atomic E-state index is 13.0. The van der Waals surface area contributed by atoms with E-state index in [9.17, 15) is 9.59 Å². The van der Waals surface area contributed by atoms with E-state index < -0.39 is 0 Å². The summed E-state index contributed by atoms with van der Waals surface area (Å²) in [5.74, 6) is 2.20. The van der Waals surface area contributed by atoms with Crippen molar-refractivity contribution in [3.05, 3.63) is 54.0 Å². The Bertz CT molecular complexity index is 1070. The van der Waals surface area contributed by atoms with E-state index >= 15 is 0 Å². The van der Waals surface area contributed by atoms with Crippen molar-refractivity contribution in [2.75, 3.05) is 24.7 Å². The maximum Gasteiger partial charge on any atom is 0.242 e. The van der Waals surface area contributed by atoms with Crippen LogP contribution >= 0.6 is 11.8 Å². The number of aryl methyl sites for hydroxylation is 1. The molecule has 0 spiro atoms. The molecule has 0 saturated carbocycles. The zero-order valence-electron chi connectivity index (χ0n) is 17.9. The Hall–Kier alpha value is -2.87. The van der Waals surface area contributed by atoms with Gasteiger partial charge in [-0.3, -0.25) is 9.59 Å². The molecule has 1 aromatic carbocycles. The van der Waals surface area contributed by atoms with Crippen LogP contribution in [0.25, 0.3) is 11.0 Å². The van der Waals surface area contributed by atoms with E-state index in [1.54, 1.807) is 18.0 Å². The standard InChI is InChI=1S/C23H27N5O2S/c1-16-7-8-20(24-13-16)26-23(30)17-9-11-27(12-10-17)22(29)14-28-19-6-4-3-5-18(19)25-21(28)15-31-2/h3-8,13,17H,9-12,14-15H2,1-2H3,(H,24,26,30). The van der Waals surface area contributed by atoms with Gasteiger partial charge in [0.1, 0.15) is 18.2 Å². The van der Waals surface area contributed by atoms with Gasteiger partial charge in [-0.15, -0.1) is 0 Å². The fourth-order valence-electron chi connectivity index (χ4n) is 3.94. The molecule has 8 heteroatoms. The van der Waals surface area contributed by atoms with Crippen molar-refractivity contribution in [3.63, 3.8) is 0 Å². The van der Waals surface area contributed by atoms with Gasteiger partial charge in [0.2, 0.25) is 11.8 Å². The number of likely N-dealkylation sites (tertiary alicyclic amines) is 1. The molecule has 162 valence electrons. The third kappa shape index (κ3) is 4.90. The third-order valence-corrected chi connectivity index (χ3v) is 6.23. The van der Waals surface area contributed by atoms with Crippen LogP contribution in [0.3, 0.4) is 0 Å². The van der Waals surface area contributed by atoms with Gasteiger partial charge in [-0.05, 0) is 49.8 Å². The molecule has 7 nitrogen and oxygen atoms in total. The Kier molecular flexibility index (Phi) is 6.56. The number of carbonyl (C=O) groups is 2. The first-order valence-electron chi connectivity index (χ1n) is 10.5. The van der Waals surface area contributed by atoms with E-state index in [2.05, 4.69) is 10.3 Å². The number of nitrogens with zero attached hydrogens (tertiary/aromatic N) is 4. The van der Waals surface area contributed by atoms with Crippen LogP contribution in [0.2, 0.25) is 0 Å². The van der Waals surface area contributed by atoms with E-state index in [-0.39, 0.29) is 24.3 Å². The number of pyridine rings is 1. The molecule has 0 unspecified atom stereocenters. The number of rotatable bonds is 6. The zero-order chi connectivity index (χ0) is 21.8. The van der Waals surface area contributed by atoms with Crippen LogP contribution in [0.5, 0.6) is 0 Å². The molecule has 2 amide bonds. The summed E-state index contributed by atoms with van der Waals surface area (Å²) in [6.07, 6.45) is 5.09. The fourth-order valence-corrected chi connectivity index (χ4v) is 4.42. The number of anilines is 1. The Morgan fingerprint density at radius 1 is 1.16 bits per heavy atom. The molecule has 3 heterocycles. The maximum atomic E-state index is 13.0. The molecule has 1 N–H and O–H groups in total. The molecule has 4 rings (SSSR count). The van der Waals surface area contributed by atoms with Gasteiger partial charge < -0.3 is 14.8 Å². The van der Waals surface area contributed by atoms with Crippen LogP contribution in [-0.2, 0) is 21.9 Å². The summed E-state index contributed by atoms with van der Waals surface area (Å²) in [5, 5.41) is 2.89. The second-order valence-corrected chi connectivity index (χ2v) is 8.77. The number of para-hydroxylation sites is 2. The van der Waals surface area contributed by atoms with E-state index in [1.807, 2.05) is 59.0 Å². The van der Waals surface area contributed by atoms with Crippen LogP contribution in [0, 0.1) is 12.8 Å². The van der Waals surface area contributed by atoms with E-state index in [0.717, 1.165) is 28.2 Å². The van der Waals surface area contributed by atoms with E-state index in [1.165, 1.54) is 0 Å². The van der Waals surface area contributed by atoms with Crippen LogP contribution in [-0.4, -0.2) is 50.6 Å². The summed E-state index contributed by atoms with van der Waals surface area (Å²) in [7, 11) is 0. The van der Waals surface area contributed by atoms with Gasteiger partial charge in [-0.25, -0.2) is 9.97 Å². The minimum atomic E-state index is -0.103. The molecule has 1 fully saturated rings. The molecule has 0 aliphatic carbocycles. The van der Waals surface area contributed by atoms with Gasteiger partial charge in [-0.2, -0.15) is 11.8 Å². The van der Waals surface area contributed by atoms with Gasteiger partial charge in [0.05, 0.1) is 16.8 Å². The number of hydrogen-bond donors (Lipinski definition) is 1. The van der Waals surface area contributed by atoms with Crippen LogP contribution in [0.1, 0.15) is 24.2 Å². The summed E-state index contributed by atoms with van der Waals surface area (Å²) in [6.45, 7) is 3.41. The first-order valence-corrected chi connectivity index (χ1v) is 11.9. The van der Waals surface area contributed by atoms with Crippen LogP contribution in [0.4, 0.5) is 5.82 Å². The quantitative estimate of drug-likeness (QED) is 0.639. The average Bonchev–Trinajstić information content (AvgIpc) is 3.13. The molecule has 31 heavy (non-hydrogen) atoms. The Morgan fingerprint density at radius 3 is 2.65 bits per heavy atom. The number of thioether (sulfide) groups is 1. The van der Waals surface area contributed by atoms with Gasteiger partial charge in [0.25, 0.3) is 0 Å². The molecule has 0 radical (unpaired) electrons. The summed E-state index contributed by atoms with van der Waals surface area (Å²) in [6, 6.07) is 11.7. The van der Waals surface area contributed by atoms with Crippen LogP contribution < -0.4 is 5.32 Å². The number of nitrogens with one attached hydrogen (secondary N) is 1. The molecule has 3 aromatic rings. The lowest BCUT2D eigenvalue weighted by atomic mass is 9.96. The van der Waals surface area contributed by atoms with Crippen molar-refractivity contribution >= 4 is 40.4 Å². The normalized spacial score (nSPS) is 14.7. The lowest BCUT2D eigenvalue weighted by Gasteiger charge is -2.31. The van der Waals surface area contributed by atoms with Crippen molar-refractivity contribution in [3.8, 4) is 0 Å². The molecule has 1 aliphatic heterocycles. The Balaban J connectivity index is 1.36. The highest BCUT2D eigenvalue weighted by Crippen LogP contribution is 2.22. The number of benzene rings is 1. The molecular formula is C23H27N5O2S. The molecule has 0 atom stereocenters. The number of fused-ring (bicyclic) bond motifs is 1. The van der Waals surface area contributed by atoms with Crippen LogP contribution in [0.15, 0.2) is 42.6 Å². The Morgan fingerprint density at radius 2 is 1.94 bits per heavy atom. The number of hydrogen-bond acceptors (Lipinski definition) is 5. The molecular weight excluding hydrogens is 410 g/mol. The highest BCUT2D eigenvalue weighted by molar-refractivity contribution is 7.97. The van der Waals surface area contributed by atoms with Gasteiger partial charge in [0.15, 0.2) is 0 Å². The van der Waals surface area contributed by atoms with Gasteiger partial charge in [-0.1, -0.05) is 18.2 Å². The fraction of sp³-hybridized carbons (Fsp3) is 0.391. The molecule has 0 bridgehead atoms. The predicted octanol–water partition coefficient (Wildman–Crippen LogP) is 3.48. The summed E-state index contributed by atoms with van der Waals surface area (Å²) < 4.78 is 2.02. The first-order chi connectivity index (χ1) is 15.0. The van der Waals surface area contributed by atoms with Crippen molar-refractivity contribution in [2.24, 2.45) is 5.92 Å². The minimum Gasteiger partial charge on any atom is -0.341 e. The van der Waals surface area contributed by atoms with E-state index in [0.29, 0.717) is 31.7 Å². The highest BCUT2D eigenvalue weighted by atomic mass is 32.2. The third-order valence-electron chi connectivity index (χ3n) is 5.68. The molecule has 1 saturated heterocycles. The second-order valence-electron chi connectivity index (χ2n) is 7.90. The number of aromatic nitrogens is 3. The molecule has 2 aromatic heterocycles. The summed E-state index contributed by atoms with van der Waals surface area (Å²) in [5.41, 5.74) is 2.95. The number of piperidine rings is 1.